The van der Waals surface area contributed by atoms with Crippen LogP contribution in [0.3, 0.4) is 0 Å². The van der Waals surface area contributed by atoms with Gasteiger partial charge in [0, 0.05) is 29.1 Å². The van der Waals surface area contributed by atoms with E-state index in [1.807, 2.05) is 5.38 Å². The van der Waals surface area contributed by atoms with Gasteiger partial charge in [0.1, 0.15) is 6.04 Å². The lowest BCUT2D eigenvalue weighted by atomic mass is 10.2. The summed E-state index contributed by atoms with van der Waals surface area (Å²) in [5, 5.41) is 13.3. The predicted molar refractivity (Wildman–Crippen MR) is 94.3 cm³/mol. The molecule has 2 heterocycles. The van der Waals surface area contributed by atoms with E-state index in [0.717, 1.165) is 0 Å². The van der Waals surface area contributed by atoms with Gasteiger partial charge >= 0.3 is 0 Å². The fraction of sp³-hybridized carbons (Fsp3) is 0.118. The van der Waals surface area contributed by atoms with E-state index in [2.05, 4.69) is 15.7 Å². The Kier molecular flexibility index (Phi) is 4.72. The molecule has 0 aliphatic carbocycles. The van der Waals surface area contributed by atoms with Crippen molar-refractivity contribution in [1.82, 2.24) is 9.78 Å². The topological polar surface area (TPSA) is 76.0 Å². The second-order valence-electron chi connectivity index (χ2n) is 5.20. The quantitative estimate of drug-likeness (QED) is 0.747. The number of carbonyl (C=O) groups excluding carboxylic acids is 2. The number of carbonyl (C=O) groups is 2. The third-order valence-corrected chi connectivity index (χ3v) is 4.16. The summed E-state index contributed by atoms with van der Waals surface area (Å²) in [7, 11) is 0. The first-order valence-electron chi connectivity index (χ1n) is 7.37. The van der Waals surface area contributed by atoms with Gasteiger partial charge in [-0.3, -0.25) is 14.3 Å². The maximum absolute atomic E-state index is 12.3. The highest BCUT2D eigenvalue weighted by molar-refractivity contribution is 7.08. The molecule has 1 aromatic carbocycles. The Balaban J connectivity index is 1.67. The van der Waals surface area contributed by atoms with Crippen LogP contribution in [0.2, 0.25) is 0 Å². The molecule has 1 atom stereocenters. The standard InChI is InChI=1S/C17H16N4O2S/c1-12(21-8-3-7-18-21)16(22)19-14-4-2-5-15(10-14)20-17(23)13-6-9-24-11-13/h2-12H,1H3,(H,19,22)(H,20,23). The summed E-state index contributed by atoms with van der Waals surface area (Å²) < 4.78 is 1.58. The van der Waals surface area contributed by atoms with Crippen molar-refractivity contribution in [3.8, 4) is 0 Å². The predicted octanol–water partition coefficient (Wildman–Crippen LogP) is 3.40. The summed E-state index contributed by atoms with van der Waals surface area (Å²) in [5.41, 5.74) is 1.85. The number of nitrogens with one attached hydrogen (secondary N) is 2. The maximum Gasteiger partial charge on any atom is 0.256 e. The molecule has 6 nitrogen and oxygen atoms in total. The monoisotopic (exact) mass is 340 g/mol. The molecule has 122 valence electrons. The number of aromatic nitrogens is 2. The molecule has 2 amide bonds. The number of rotatable bonds is 5. The third kappa shape index (κ3) is 3.69. The third-order valence-electron chi connectivity index (χ3n) is 3.47. The zero-order valence-corrected chi connectivity index (χ0v) is 13.8. The second-order valence-corrected chi connectivity index (χ2v) is 5.98. The summed E-state index contributed by atoms with van der Waals surface area (Å²) in [6.07, 6.45) is 3.37. The molecule has 1 unspecified atom stereocenters. The van der Waals surface area contributed by atoms with E-state index in [-0.39, 0.29) is 11.8 Å². The van der Waals surface area contributed by atoms with Crippen LogP contribution in [-0.4, -0.2) is 21.6 Å². The Morgan fingerprint density at radius 2 is 1.96 bits per heavy atom. The summed E-state index contributed by atoms with van der Waals surface area (Å²) in [6.45, 7) is 1.77. The van der Waals surface area contributed by atoms with Crippen LogP contribution in [0.4, 0.5) is 11.4 Å². The minimum Gasteiger partial charge on any atom is -0.324 e. The zero-order chi connectivity index (χ0) is 16.9. The molecular formula is C17H16N4O2S. The molecule has 7 heteroatoms. The van der Waals surface area contributed by atoms with Crippen molar-refractivity contribution in [2.75, 3.05) is 10.6 Å². The SMILES string of the molecule is CC(C(=O)Nc1cccc(NC(=O)c2ccsc2)c1)n1cccn1. The molecule has 0 aliphatic rings. The summed E-state index contributed by atoms with van der Waals surface area (Å²) in [6, 6.07) is 10.1. The van der Waals surface area contributed by atoms with Crippen LogP contribution in [0.1, 0.15) is 23.3 Å². The van der Waals surface area contributed by atoms with Crippen molar-refractivity contribution in [2.24, 2.45) is 0 Å². The van der Waals surface area contributed by atoms with Crippen LogP contribution >= 0.6 is 11.3 Å². The molecule has 3 aromatic rings. The molecule has 2 aromatic heterocycles. The summed E-state index contributed by atoms with van der Waals surface area (Å²) in [4.78, 5) is 24.3. The van der Waals surface area contributed by atoms with Crippen molar-refractivity contribution < 1.29 is 9.59 Å². The number of hydrogen-bond acceptors (Lipinski definition) is 4. The largest absolute Gasteiger partial charge is 0.324 e. The highest BCUT2D eigenvalue weighted by Gasteiger charge is 2.15. The molecule has 3 rings (SSSR count). The molecule has 0 saturated heterocycles. The highest BCUT2D eigenvalue weighted by atomic mass is 32.1. The highest BCUT2D eigenvalue weighted by Crippen LogP contribution is 2.18. The average Bonchev–Trinajstić information content (AvgIpc) is 3.28. The number of thiophene rings is 1. The van der Waals surface area contributed by atoms with Crippen molar-refractivity contribution in [2.45, 2.75) is 13.0 Å². The molecule has 0 aliphatic heterocycles. The molecule has 0 saturated carbocycles. The van der Waals surface area contributed by atoms with Crippen molar-refractivity contribution in [3.63, 3.8) is 0 Å². The summed E-state index contributed by atoms with van der Waals surface area (Å²) >= 11 is 1.47. The molecule has 24 heavy (non-hydrogen) atoms. The van der Waals surface area contributed by atoms with E-state index in [0.29, 0.717) is 16.9 Å². The zero-order valence-electron chi connectivity index (χ0n) is 13.0. The molecule has 2 N–H and O–H groups in total. The Morgan fingerprint density at radius 1 is 1.17 bits per heavy atom. The van der Waals surface area contributed by atoms with Gasteiger partial charge in [-0.2, -0.15) is 16.4 Å². The lowest BCUT2D eigenvalue weighted by Crippen LogP contribution is -2.24. The fourth-order valence-electron chi connectivity index (χ4n) is 2.15. The van der Waals surface area contributed by atoms with Crippen LogP contribution < -0.4 is 10.6 Å². The Bertz CT molecular complexity index is 828. The number of benzene rings is 1. The van der Waals surface area contributed by atoms with Crippen LogP contribution in [0.25, 0.3) is 0 Å². The van der Waals surface area contributed by atoms with Gasteiger partial charge in [0.25, 0.3) is 5.91 Å². The van der Waals surface area contributed by atoms with E-state index in [1.54, 1.807) is 65.8 Å². The Morgan fingerprint density at radius 3 is 2.62 bits per heavy atom. The van der Waals surface area contributed by atoms with Gasteiger partial charge in [0.05, 0.1) is 5.56 Å². The van der Waals surface area contributed by atoms with Crippen LogP contribution in [0.15, 0.2) is 59.6 Å². The van der Waals surface area contributed by atoms with E-state index in [9.17, 15) is 9.59 Å². The molecular weight excluding hydrogens is 324 g/mol. The smallest absolute Gasteiger partial charge is 0.256 e. The van der Waals surface area contributed by atoms with Gasteiger partial charge in [-0.25, -0.2) is 0 Å². The average molecular weight is 340 g/mol. The first kappa shape index (κ1) is 15.9. The van der Waals surface area contributed by atoms with Crippen LogP contribution in [0.5, 0.6) is 0 Å². The van der Waals surface area contributed by atoms with Crippen molar-refractivity contribution in [1.29, 1.82) is 0 Å². The maximum atomic E-state index is 12.3. The van der Waals surface area contributed by atoms with Gasteiger partial charge in [-0.15, -0.1) is 0 Å². The number of nitrogens with zero attached hydrogens (tertiary/aromatic N) is 2. The van der Waals surface area contributed by atoms with E-state index in [1.165, 1.54) is 11.3 Å². The first-order valence-corrected chi connectivity index (χ1v) is 8.31. The normalized spacial score (nSPS) is 11.7. The van der Waals surface area contributed by atoms with Crippen LogP contribution in [-0.2, 0) is 4.79 Å². The van der Waals surface area contributed by atoms with Crippen molar-refractivity contribution in [3.05, 3.63) is 65.1 Å². The molecule has 0 spiro atoms. The lowest BCUT2D eigenvalue weighted by Gasteiger charge is -2.13. The van der Waals surface area contributed by atoms with Crippen molar-refractivity contribution >= 4 is 34.5 Å². The van der Waals surface area contributed by atoms with Gasteiger partial charge in [-0.05, 0) is 42.6 Å². The van der Waals surface area contributed by atoms with Gasteiger partial charge in [0.15, 0.2) is 0 Å². The number of amides is 2. The Labute approximate surface area is 143 Å². The second kappa shape index (κ2) is 7.10. The minimum absolute atomic E-state index is 0.176. The van der Waals surface area contributed by atoms with E-state index < -0.39 is 6.04 Å². The van der Waals surface area contributed by atoms with Gasteiger partial charge < -0.3 is 10.6 Å². The number of anilines is 2. The molecule has 0 fully saturated rings. The van der Waals surface area contributed by atoms with Gasteiger partial charge in [-0.1, -0.05) is 6.07 Å². The number of hydrogen-bond donors (Lipinski definition) is 2. The lowest BCUT2D eigenvalue weighted by molar-refractivity contribution is -0.119. The van der Waals surface area contributed by atoms with Gasteiger partial charge in [0.2, 0.25) is 5.91 Å². The van der Waals surface area contributed by atoms with E-state index in [4.69, 9.17) is 0 Å². The molecule has 0 bridgehead atoms. The Hall–Kier alpha value is -2.93. The minimum atomic E-state index is -0.427. The fourth-order valence-corrected chi connectivity index (χ4v) is 2.78. The first-order chi connectivity index (χ1) is 11.6. The summed E-state index contributed by atoms with van der Waals surface area (Å²) in [5.74, 6) is -0.357. The van der Waals surface area contributed by atoms with Crippen LogP contribution in [0, 0.1) is 0 Å². The molecule has 0 radical (unpaired) electrons. The van der Waals surface area contributed by atoms with E-state index >= 15 is 0 Å².